The summed E-state index contributed by atoms with van der Waals surface area (Å²) in [6.07, 6.45) is 1.66. The van der Waals surface area contributed by atoms with Gasteiger partial charge in [0.15, 0.2) is 6.10 Å². The maximum Gasteiger partial charge on any atom is 0.338 e. The van der Waals surface area contributed by atoms with Gasteiger partial charge >= 0.3 is 5.97 Å². The van der Waals surface area contributed by atoms with Crippen molar-refractivity contribution in [2.45, 2.75) is 43.2 Å². The fourth-order valence-electron chi connectivity index (χ4n) is 3.32. The molecular formula is C20H21ClN2O5S. The second kappa shape index (κ2) is 8.52. The Balaban J connectivity index is 1.68. The van der Waals surface area contributed by atoms with E-state index in [2.05, 4.69) is 5.32 Å². The molecule has 9 heteroatoms. The minimum atomic E-state index is -4.10. The SMILES string of the molecule is CC(OC(=O)c1ccc(Cl)c(S(N)(=O)=O)c1)C(=O)NC1CCCc2ccccc21. The van der Waals surface area contributed by atoms with Crippen molar-refractivity contribution in [2.75, 3.05) is 0 Å². The Kier molecular flexibility index (Phi) is 6.26. The third-order valence-electron chi connectivity index (χ3n) is 4.81. The number of amides is 1. The maximum atomic E-state index is 12.5. The van der Waals surface area contributed by atoms with Crippen LogP contribution in [0.3, 0.4) is 0 Å². The van der Waals surface area contributed by atoms with E-state index in [-0.39, 0.29) is 21.5 Å². The van der Waals surface area contributed by atoms with E-state index in [4.69, 9.17) is 21.5 Å². The zero-order valence-corrected chi connectivity index (χ0v) is 17.3. The molecule has 0 radical (unpaired) electrons. The van der Waals surface area contributed by atoms with Crippen molar-refractivity contribution >= 4 is 33.5 Å². The van der Waals surface area contributed by atoms with Crippen molar-refractivity contribution in [2.24, 2.45) is 5.14 Å². The Labute approximate surface area is 174 Å². The highest BCUT2D eigenvalue weighted by Gasteiger charge is 2.26. The third-order valence-corrected chi connectivity index (χ3v) is 6.20. The molecule has 29 heavy (non-hydrogen) atoms. The lowest BCUT2D eigenvalue weighted by Gasteiger charge is -2.27. The Morgan fingerprint density at radius 3 is 2.69 bits per heavy atom. The topological polar surface area (TPSA) is 116 Å². The van der Waals surface area contributed by atoms with E-state index >= 15 is 0 Å². The van der Waals surface area contributed by atoms with E-state index in [1.807, 2.05) is 24.3 Å². The molecule has 2 aromatic carbocycles. The Morgan fingerprint density at radius 2 is 1.97 bits per heavy atom. The number of hydrogen-bond donors (Lipinski definition) is 2. The molecule has 1 amide bonds. The van der Waals surface area contributed by atoms with Crippen molar-refractivity contribution in [1.82, 2.24) is 5.32 Å². The predicted octanol–water partition coefficient (Wildman–Crippen LogP) is 2.73. The van der Waals surface area contributed by atoms with Crippen LogP contribution < -0.4 is 10.5 Å². The van der Waals surface area contributed by atoms with E-state index in [1.165, 1.54) is 24.6 Å². The third kappa shape index (κ3) is 4.95. The zero-order chi connectivity index (χ0) is 21.2. The standard InChI is InChI=1S/C20H21ClN2O5S/c1-12(19(24)23-17-8-4-6-13-5-2-3-7-15(13)17)28-20(25)14-9-10-16(21)18(11-14)29(22,26)27/h2-3,5,7,9-12,17H,4,6,8H2,1H3,(H,23,24)(H2,22,26,27). The number of hydrogen-bond acceptors (Lipinski definition) is 5. The predicted molar refractivity (Wildman–Crippen MR) is 108 cm³/mol. The van der Waals surface area contributed by atoms with Gasteiger partial charge in [0.05, 0.1) is 16.6 Å². The van der Waals surface area contributed by atoms with Gasteiger partial charge in [-0.2, -0.15) is 0 Å². The summed E-state index contributed by atoms with van der Waals surface area (Å²) >= 11 is 5.82. The lowest BCUT2D eigenvalue weighted by atomic mass is 9.87. The normalized spacial score (nSPS) is 17.1. The Morgan fingerprint density at radius 1 is 1.24 bits per heavy atom. The highest BCUT2D eigenvalue weighted by molar-refractivity contribution is 7.89. The van der Waals surface area contributed by atoms with E-state index in [0.717, 1.165) is 30.9 Å². The van der Waals surface area contributed by atoms with Crippen molar-refractivity contribution in [3.05, 3.63) is 64.2 Å². The van der Waals surface area contributed by atoms with Crippen LogP contribution in [-0.2, 0) is 26.0 Å². The molecule has 0 saturated heterocycles. The van der Waals surface area contributed by atoms with Crippen LogP contribution in [0.2, 0.25) is 5.02 Å². The van der Waals surface area contributed by atoms with Gasteiger partial charge in [0.2, 0.25) is 10.0 Å². The largest absolute Gasteiger partial charge is 0.449 e. The molecule has 0 fully saturated rings. The van der Waals surface area contributed by atoms with Crippen LogP contribution in [0.15, 0.2) is 47.4 Å². The number of aryl methyl sites for hydroxylation is 1. The average molecular weight is 437 g/mol. The lowest BCUT2D eigenvalue weighted by molar-refractivity contribution is -0.130. The number of sulfonamides is 1. The van der Waals surface area contributed by atoms with Crippen LogP contribution in [0, 0.1) is 0 Å². The molecule has 0 aromatic heterocycles. The number of carbonyl (C=O) groups excluding carboxylic acids is 2. The van der Waals surface area contributed by atoms with Gasteiger partial charge in [-0.1, -0.05) is 35.9 Å². The van der Waals surface area contributed by atoms with Gasteiger partial charge < -0.3 is 10.1 Å². The summed E-state index contributed by atoms with van der Waals surface area (Å²) in [6, 6.07) is 11.4. The molecule has 3 rings (SSSR count). The molecule has 154 valence electrons. The van der Waals surface area contributed by atoms with Crippen molar-refractivity contribution < 1.29 is 22.7 Å². The van der Waals surface area contributed by atoms with Gasteiger partial charge in [0.25, 0.3) is 5.91 Å². The summed E-state index contributed by atoms with van der Waals surface area (Å²) in [6.45, 7) is 1.46. The minimum absolute atomic E-state index is 0.0684. The molecule has 1 aliphatic rings. The van der Waals surface area contributed by atoms with Gasteiger partial charge in [-0.25, -0.2) is 18.4 Å². The van der Waals surface area contributed by atoms with E-state index < -0.39 is 28.0 Å². The smallest absolute Gasteiger partial charge is 0.338 e. The molecule has 2 unspecified atom stereocenters. The van der Waals surface area contributed by atoms with Crippen LogP contribution >= 0.6 is 11.6 Å². The maximum absolute atomic E-state index is 12.5. The quantitative estimate of drug-likeness (QED) is 0.699. The molecule has 1 aliphatic carbocycles. The number of nitrogens with one attached hydrogen (secondary N) is 1. The zero-order valence-electron chi connectivity index (χ0n) is 15.7. The highest BCUT2D eigenvalue weighted by Crippen LogP contribution is 2.29. The number of fused-ring (bicyclic) bond motifs is 1. The molecule has 3 N–H and O–H groups in total. The van der Waals surface area contributed by atoms with Crippen molar-refractivity contribution in [3.8, 4) is 0 Å². The van der Waals surface area contributed by atoms with Crippen molar-refractivity contribution in [1.29, 1.82) is 0 Å². The summed E-state index contributed by atoms with van der Waals surface area (Å²) in [5, 5.41) is 7.91. The first kappa shape index (κ1) is 21.3. The molecule has 0 aliphatic heterocycles. The van der Waals surface area contributed by atoms with E-state index in [1.54, 1.807) is 0 Å². The average Bonchev–Trinajstić information content (AvgIpc) is 2.67. The number of benzene rings is 2. The number of carbonyl (C=O) groups is 2. The molecule has 0 spiro atoms. The Hall–Kier alpha value is -2.42. The van der Waals surface area contributed by atoms with Crippen LogP contribution in [0.25, 0.3) is 0 Å². The molecule has 2 aromatic rings. The van der Waals surface area contributed by atoms with Crippen LogP contribution in [0.4, 0.5) is 0 Å². The molecule has 0 heterocycles. The minimum Gasteiger partial charge on any atom is -0.449 e. The molecule has 7 nitrogen and oxygen atoms in total. The second-order valence-electron chi connectivity index (χ2n) is 6.89. The molecular weight excluding hydrogens is 416 g/mol. The van der Waals surface area contributed by atoms with Gasteiger partial charge in [-0.15, -0.1) is 0 Å². The number of esters is 1. The lowest BCUT2D eigenvalue weighted by Crippen LogP contribution is -2.39. The Bertz CT molecular complexity index is 1050. The highest BCUT2D eigenvalue weighted by atomic mass is 35.5. The number of nitrogens with two attached hydrogens (primary N) is 1. The van der Waals surface area contributed by atoms with Crippen LogP contribution in [-0.4, -0.2) is 26.4 Å². The molecule has 0 bridgehead atoms. The summed E-state index contributed by atoms with van der Waals surface area (Å²) in [5.41, 5.74) is 2.20. The fourth-order valence-corrected chi connectivity index (χ4v) is 4.39. The van der Waals surface area contributed by atoms with Crippen LogP contribution in [0.5, 0.6) is 0 Å². The molecule has 0 saturated carbocycles. The van der Waals surface area contributed by atoms with E-state index in [0.29, 0.717) is 0 Å². The first-order valence-corrected chi connectivity index (χ1v) is 11.0. The van der Waals surface area contributed by atoms with Gasteiger partial charge in [-0.05, 0) is 55.5 Å². The number of ether oxygens (including phenoxy) is 1. The number of halogens is 1. The first-order valence-electron chi connectivity index (χ1n) is 9.08. The number of rotatable bonds is 5. The summed E-state index contributed by atoms with van der Waals surface area (Å²) in [4.78, 5) is 24.5. The monoisotopic (exact) mass is 436 g/mol. The van der Waals surface area contributed by atoms with Gasteiger partial charge in [-0.3, -0.25) is 4.79 Å². The van der Waals surface area contributed by atoms with Gasteiger partial charge in [0, 0.05) is 0 Å². The second-order valence-corrected chi connectivity index (χ2v) is 8.83. The summed E-state index contributed by atoms with van der Waals surface area (Å²) < 4.78 is 28.3. The summed E-state index contributed by atoms with van der Waals surface area (Å²) in [5.74, 6) is -1.28. The van der Waals surface area contributed by atoms with E-state index in [9.17, 15) is 18.0 Å². The number of primary sulfonamides is 1. The van der Waals surface area contributed by atoms with Gasteiger partial charge in [0.1, 0.15) is 4.90 Å². The fraction of sp³-hybridized carbons (Fsp3) is 0.300. The first-order chi connectivity index (χ1) is 13.7. The summed E-state index contributed by atoms with van der Waals surface area (Å²) in [7, 11) is -4.10. The van der Waals surface area contributed by atoms with Crippen molar-refractivity contribution in [3.63, 3.8) is 0 Å². The molecule has 2 atom stereocenters. The van der Waals surface area contributed by atoms with Crippen LogP contribution in [0.1, 0.15) is 47.3 Å².